The molecule has 1 saturated heterocycles. The molecule has 5 rings (SSSR count). The van der Waals surface area contributed by atoms with Crippen molar-refractivity contribution in [1.29, 1.82) is 0 Å². The van der Waals surface area contributed by atoms with Crippen LogP contribution >= 0.6 is 0 Å². The summed E-state index contributed by atoms with van der Waals surface area (Å²) in [6.07, 6.45) is 4.45. The van der Waals surface area contributed by atoms with Crippen LogP contribution in [0, 0.1) is 0 Å². The molecule has 0 unspecified atom stereocenters. The van der Waals surface area contributed by atoms with Gasteiger partial charge in [0.15, 0.2) is 0 Å². The summed E-state index contributed by atoms with van der Waals surface area (Å²) < 4.78 is 8.25. The third-order valence-electron chi connectivity index (χ3n) is 6.21. The maximum atomic E-state index is 13.0. The van der Waals surface area contributed by atoms with Crippen molar-refractivity contribution in [2.75, 3.05) is 19.7 Å². The number of piperidine rings is 1. The molecule has 1 aromatic heterocycles. The lowest BCUT2D eigenvalue weighted by molar-refractivity contribution is -0.0963. The normalized spacial score (nSPS) is 17.7. The summed E-state index contributed by atoms with van der Waals surface area (Å²) in [5.41, 5.74) is 4.25. The van der Waals surface area contributed by atoms with E-state index in [1.807, 2.05) is 58.1 Å². The van der Waals surface area contributed by atoms with Gasteiger partial charge in [-0.25, -0.2) is 4.68 Å². The van der Waals surface area contributed by atoms with Crippen molar-refractivity contribution in [2.45, 2.75) is 31.5 Å². The second kappa shape index (κ2) is 7.70. The maximum Gasteiger partial charge on any atom is 0.253 e. The van der Waals surface area contributed by atoms with Crippen molar-refractivity contribution in [3.63, 3.8) is 0 Å². The van der Waals surface area contributed by atoms with Gasteiger partial charge in [-0.3, -0.25) is 4.79 Å². The number of ether oxygens (including phenoxy) is 1. The highest BCUT2D eigenvalue weighted by atomic mass is 16.5. The molecule has 2 aliphatic heterocycles. The molecule has 0 atom stereocenters. The van der Waals surface area contributed by atoms with Crippen LogP contribution in [0.25, 0.3) is 5.69 Å². The highest BCUT2D eigenvalue weighted by Gasteiger charge is 2.44. The zero-order valence-electron chi connectivity index (χ0n) is 16.8. The number of likely N-dealkylation sites (tertiary alicyclic amines) is 1. The van der Waals surface area contributed by atoms with Crippen molar-refractivity contribution >= 4 is 5.91 Å². The fourth-order valence-electron chi connectivity index (χ4n) is 4.55. The van der Waals surface area contributed by atoms with Gasteiger partial charge in [0.25, 0.3) is 5.91 Å². The van der Waals surface area contributed by atoms with Crippen LogP contribution in [0.15, 0.2) is 60.8 Å². The first-order chi connectivity index (χ1) is 14.7. The smallest absolute Gasteiger partial charge is 0.253 e. The van der Waals surface area contributed by atoms with E-state index in [2.05, 4.69) is 6.20 Å². The number of carbonyl (C=O) groups is 1. The van der Waals surface area contributed by atoms with Crippen LogP contribution in [0.3, 0.4) is 0 Å². The van der Waals surface area contributed by atoms with Crippen molar-refractivity contribution < 1.29 is 14.6 Å². The van der Waals surface area contributed by atoms with Gasteiger partial charge in [-0.05, 0) is 54.7 Å². The topological polar surface area (TPSA) is 67.6 Å². The van der Waals surface area contributed by atoms with Crippen molar-refractivity contribution in [3.05, 3.63) is 83.2 Å². The lowest BCUT2D eigenvalue weighted by atomic mass is 9.83. The summed E-state index contributed by atoms with van der Waals surface area (Å²) in [7, 11) is 0. The molecule has 2 aliphatic rings. The van der Waals surface area contributed by atoms with Gasteiger partial charge in [0.1, 0.15) is 5.60 Å². The fraction of sp³-hybridized carbons (Fsp3) is 0.333. The molecule has 0 bridgehead atoms. The Morgan fingerprint density at radius 3 is 2.67 bits per heavy atom. The van der Waals surface area contributed by atoms with Crippen molar-refractivity contribution in [3.8, 4) is 5.69 Å². The number of aliphatic hydroxyl groups excluding tert-OH is 1. The molecule has 1 amide bonds. The lowest BCUT2D eigenvalue weighted by Crippen LogP contribution is -2.48. The first kappa shape index (κ1) is 19.0. The van der Waals surface area contributed by atoms with Gasteiger partial charge in [-0.15, -0.1) is 0 Å². The van der Waals surface area contributed by atoms with Crippen LogP contribution < -0.4 is 0 Å². The van der Waals surface area contributed by atoms with Crippen LogP contribution in [0.5, 0.6) is 0 Å². The van der Waals surface area contributed by atoms with Gasteiger partial charge in [-0.1, -0.05) is 30.3 Å². The first-order valence-electron chi connectivity index (χ1n) is 10.5. The molecule has 6 heteroatoms. The third kappa shape index (κ3) is 3.32. The standard InChI is InChI=1S/C24H25N3O3/c28-17-18-5-4-6-19(15-18)23(29)26-12-10-24(11-13-26)22-20(9-14-30-24)16-27(25-22)21-7-2-1-3-8-21/h1-8,15-16,28H,9-14,17H2. The van der Waals surface area contributed by atoms with Crippen molar-refractivity contribution in [2.24, 2.45) is 0 Å². The summed E-state index contributed by atoms with van der Waals surface area (Å²) in [6.45, 7) is 1.87. The molecule has 1 N–H and O–H groups in total. The number of carbonyl (C=O) groups excluding carboxylic acids is 1. The Labute approximate surface area is 175 Å². The van der Waals surface area contributed by atoms with Gasteiger partial charge in [-0.2, -0.15) is 5.10 Å². The van der Waals surface area contributed by atoms with Crippen LogP contribution in [0.1, 0.15) is 40.0 Å². The Balaban J connectivity index is 1.36. The summed E-state index contributed by atoms with van der Waals surface area (Å²) >= 11 is 0. The van der Waals surface area contributed by atoms with E-state index in [9.17, 15) is 9.90 Å². The van der Waals surface area contributed by atoms with E-state index in [4.69, 9.17) is 9.84 Å². The van der Waals surface area contributed by atoms with E-state index in [0.717, 1.165) is 36.2 Å². The summed E-state index contributed by atoms with van der Waals surface area (Å²) in [6, 6.07) is 17.3. The Morgan fingerprint density at radius 1 is 1.10 bits per heavy atom. The zero-order chi connectivity index (χ0) is 20.6. The lowest BCUT2D eigenvalue weighted by Gasteiger charge is -2.43. The van der Waals surface area contributed by atoms with E-state index in [1.54, 1.807) is 6.07 Å². The molecule has 3 aromatic rings. The summed E-state index contributed by atoms with van der Waals surface area (Å²) in [5, 5.41) is 14.3. The number of hydrogen-bond donors (Lipinski definition) is 1. The molecule has 2 aromatic carbocycles. The predicted molar refractivity (Wildman–Crippen MR) is 112 cm³/mol. The molecular weight excluding hydrogens is 378 g/mol. The Bertz CT molecular complexity index is 1050. The Kier molecular flexibility index (Phi) is 4.89. The van der Waals surface area contributed by atoms with E-state index in [1.165, 1.54) is 5.56 Å². The number of hydrogen-bond acceptors (Lipinski definition) is 4. The minimum atomic E-state index is -0.419. The molecule has 1 fully saturated rings. The first-order valence-corrected chi connectivity index (χ1v) is 10.5. The fourth-order valence-corrected chi connectivity index (χ4v) is 4.55. The van der Waals surface area contributed by atoms with Gasteiger partial charge in [0.05, 0.1) is 24.6 Å². The van der Waals surface area contributed by atoms with Crippen LogP contribution in [-0.4, -0.2) is 45.4 Å². The Hall–Kier alpha value is -2.96. The molecular formula is C24H25N3O3. The summed E-state index contributed by atoms with van der Waals surface area (Å²) in [5.74, 6) is 0.00555. The second-order valence-electron chi connectivity index (χ2n) is 8.03. The van der Waals surface area contributed by atoms with Gasteiger partial charge >= 0.3 is 0 Å². The molecule has 0 radical (unpaired) electrons. The Morgan fingerprint density at radius 2 is 1.90 bits per heavy atom. The van der Waals surface area contributed by atoms with Crippen LogP contribution in [0.4, 0.5) is 0 Å². The molecule has 154 valence electrons. The maximum absolute atomic E-state index is 13.0. The minimum absolute atomic E-state index is 0.00555. The molecule has 0 saturated carbocycles. The zero-order valence-corrected chi connectivity index (χ0v) is 16.8. The monoisotopic (exact) mass is 403 g/mol. The number of para-hydroxylation sites is 1. The molecule has 30 heavy (non-hydrogen) atoms. The van der Waals surface area contributed by atoms with Gasteiger partial charge < -0.3 is 14.7 Å². The van der Waals surface area contributed by atoms with E-state index >= 15 is 0 Å². The highest BCUT2D eigenvalue weighted by molar-refractivity contribution is 5.94. The number of benzene rings is 2. The van der Waals surface area contributed by atoms with Gasteiger partial charge in [0.2, 0.25) is 0 Å². The number of nitrogens with zero attached hydrogens (tertiary/aromatic N) is 3. The third-order valence-corrected chi connectivity index (χ3v) is 6.21. The molecule has 6 nitrogen and oxygen atoms in total. The van der Waals surface area contributed by atoms with Gasteiger partial charge in [0, 0.05) is 24.8 Å². The largest absolute Gasteiger partial charge is 0.392 e. The summed E-state index contributed by atoms with van der Waals surface area (Å²) in [4.78, 5) is 14.8. The SMILES string of the molecule is O=C(c1cccc(CO)c1)N1CCC2(CC1)OCCc1cn(-c3ccccc3)nc12. The average Bonchev–Trinajstić information content (AvgIpc) is 3.26. The van der Waals surface area contributed by atoms with E-state index in [-0.39, 0.29) is 12.5 Å². The molecule has 0 aliphatic carbocycles. The van der Waals surface area contributed by atoms with E-state index in [0.29, 0.717) is 25.3 Å². The number of aliphatic hydroxyl groups is 1. The quantitative estimate of drug-likeness (QED) is 0.730. The number of rotatable bonds is 3. The molecule has 3 heterocycles. The molecule has 1 spiro atoms. The van der Waals surface area contributed by atoms with E-state index < -0.39 is 5.60 Å². The minimum Gasteiger partial charge on any atom is -0.392 e. The van der Waals surface area contributed by atoms with Crippen LogP contribution in [0.2, 0.25) is 0 Å². The number of fused-ring (bicyclic) bond motifs is 2. The number of aromatic nitrogens is 2. The highest BCUT2D eigenvalue weighted by Crippen LogP contribution is 2.41. The van der Waals surface area contributed by atoms with Crippen molar-refractivity contribution in [1.82, 2.24) is 14.7 Å². The number of amides is 1. The van der Waals surface area contributed by atoms with Crippen LogP contribution in [-0.2, 0) is 23.4 Å². The predicted octanol–water partition coefficient (Wildman–Crippen LogP) is 3.07. The second-order valence-corrected chi connectivity index (χ2v) is 8.03. The average molecular weight is 403 g/mol.